The van der Waals surface area contributed by atoms with Crippen molar-refractivity contribution in [1.29, 1.82) is 5.26 Å². The molecule has 6 heteroatoms. The van der Waals surface area contributed by atoms with Crippen LogP contribution in [-0.2, 0) is 16.1 Å². The molecule has 1 aromatic carbocycles. The summed E-state index contributed by atoms with van der Waals surface area (Å²) in [6, 6.07) is 5.64. The smallest absolute Gasteiger partial charge is 0.237 e. The van der Waals surface area contributed by atoms with Gasteiger partial charge in [0.2, 0.25) is 5.91 Å². The highest BCUT2D eigenvalue weighted by Gasteiger charge is 2.28. The zero-order valence-corrected chi connectivity index (χ0v) is 10.3. The molecule has 0 radical (unpaired) electrons. The van der Waals surface area contributed by atoms with Gasteiger partial charge >= 0.3 is 0 Å². The van der Waals surface area contributed by atoms with Gasteiger partial charge in [-0.3, -0.25) is 9.69 Å². The Balaban J connectivity index is 2.15. The predicted octanol–water partition coefficient (Wildman–Crippen LogP) is 0.383. The summed E-state index contributed by atoms with van der Waals surface area (Å²) < 4.78 is 19.0. The van der Waals surface area contributed by atoms with Gasteiger partial charge in [-0.15, -0.1) is 0 Å². The first-order chi connectivity index (χ1) is 9.11. The average molecular weight is 263 g/mol. The Kier molecular flexibility index (Phi) is 4.10. The van der Waals surface area contributed by atoms with E-state index in [1.807, 2.05) is 6.07 Å². The summed E-state index contributed by atoms with van der Waals surface area (Å²) in [5, 5.41) is 8.68. The van der Waals surface area contributed by atoms with Crippen LogP contribution in [0.4, 0.5) is 4.39 Å². The molecule has 1 amide bonds. The fraction of sp³-hybridized carbons (Fsp3) is 0.385. The molecule has 1 aliphatic rings. The molecular formula is C13H14FN3O2. The van der Waals surface area contributed by atoms with Crippen LogP contribution in [0.2, 0.25) is 0 Å². The van der Waals surface area contributed by atoms with Crippen molar-refractivity contribution < 1.29 is 13.9 Å². The minimum Gasteiger partial charge on any atom is -0.378 e. The summed E-state index contributed by atoms with van der Waals surface area (Å²) in [6.07, 6.45) is 0. The van der Waals surface area contributed by atoms with Crippen molar-refractivity contribution in [2.45, 2.75) is 12.6 Å². The van der Waals surface area contributed by atoms with Crippen molar-refractivity contribution in [3.8, 4) is 6.07 Å². The second kappa shape index (κ2) is 5.78. The first-order valence-corrected chi connectivity index (χ1v) is 5.91. The maximum absolute atomic E-state index is 13.8. The molecule has 0 aromatic heterocycles. The molecule has 1 aliphatic heterocycles. The third-order valence-corrected chi connectivity index (χ3v) is 3.12. The molecule has 5 nitrogen and oxygen atoms in total. The lowest BCUT2D eigenvalue weighted by molar-refractivity contribution is -0.129. The number of rotatable bonds is 3. The molecule has 2 N–H and O–H groups in total. The summed E-state index contributed by atoms with van der Waals surface area (Å²) >= 11 is 0. The third kappa shape index (κ3) is 3.08. The molecule has 0 saturated carbocycles. The Morgan fingerprint density at radius 3 is 3.05 bits per heavy atom. The normalized spacial score (nSPS) is 19.9. The molecule has 0 bridgehead atoms. The van der Waals surface area contributed by atoms with E-state index in [0.717, 1.165) is 0 Å². The Morgan fingerprint density at radius 2 is 2.42 bits per heavy atom. The number of halogens is 1. The third-order valence-electron chi connectivity index (χ3n) is 3.12. The highest BCUT2D eigenvalue weighted by Crippen LogP contribution is 2.16. The quantitative estimate of drug-likeness (QED) is 0.855. The topological polar surface area (TPSA) is 79.3 Å². The number of nitriles is 1. The van der Waals surface area contributed by atoms with Crippen molar-refractivity contribution in [3.05, 3.63) is 35.1 Å². The summed E-state index contributed by atoms with van der Waals surface area (Å²) in [5.74, 6) is -0.928. The van der Waals surface area contributed by atoms with E-state index in [0.29, 0.717) is 18.7 Å². The number of morpholine rings is 1. The number of hydrogen-bond acceptors (Lipinski definition) is 4. The Morgan fingerprint density at radius 1 is 1.63 bits per heavy atom. The molecule has 1 atom stereocenters. The maximum atomic E-state index is 13.8. The molecule has 19 heavy (non-hydrogen) atoms. The van der Waals surface area contributed by atoms with Crippen LogP contribution in [0.1, 0.15) is 11.1 Å². The van der Waals surface area contributed by atoms with Gasteiger partial charge in [0.15, 0.2) is 0 Å². The number of ether oxygens (including phenoxy) is 1. The minimum atomic E-state index is -0.538. The van der Waals surface area contributed by atoms with E-state index in [2.05, 4.69) is 0 Å². The van der Waals surface area contributed by atoms with Crippen LogP contribution in [0.5, 0.6) is 0 Å². The van der Waals surface area contributed by atoms with E-state index in [1.54, 1.807) is 17.0 Å². The van der Waals surface area contributed by atoms with E-state index >= 15 is 0 Å². The van der Waals surface area contributed by atoms with Gasteiger partial charge in [-0.25, -0.2) is 4.39 Å². The van der Waals surface area contributed by atoms with E-state index in [9.17, 15) is 9.18 Å². The van der Waals surface area contributed by atoms with Crippen molar-refractivity contribution in [1.82, 2.24) is 4.90 Å². The molecule has 1 heterocycles. The number of benzene rings is 1. The van der Waals surface area contributed by atoms with Gasteiger partial charge < -0.3 is 10.5 Å². The van der Waals surface area contributed by atoms with Gasteiger partial charge in [-0.2, -0.15) is 5.26 Å². The van der Waals surface area contributed by atoms with Crippen molar-refractivity contribution in [3.63, 3.8) is 0 Å². The van der Waals surface area contributed by atoms with Crippen molar-refractivity contribution >= 4 is 5.91 Å². The zero-order valence-electron chi connectivity index (χ0n) is 10.3. The van der Waals surface area contributed by atoms with Crippen LogP contribution in [0, 0.1) is 17.1 Å². The van der Waals surface area contributed by atoms with Gasteiger partial charge in [0.1, 0.15) is 11.9 Å². The van der Waals surface area contributed by atoms with E-state index in [1.165, 1.54) is 6.07 Å². The number of carbonyl (C=O) groups excluding carboxylic acids is 1. The first-order valence-electron chi connectivity index (χ1n) is 5.91. The molecule has 1 aromatic rings. The van der Waals surface area contributed by atoms with Crippen LogP contribution in [-0.4, -0.2) is 36.6 Å². The highest BCUT2D eigenvalue weighted by atomic mass is 19.1. The van der Waals surface area contributed by atoms with Crippen molar-refractivity contribution in [2.24, 2.45) is 5.73 Å². The SMILES string of the molecule is N#Cc1ccc(CN2CCOCC2C(N)=O)c(F)c1. The molecule has 1 saturated heterocycles. The second-order valence-corrected chi connectivity index (χ2v) is 4.38. The van der Waals surface area contributed by atoms with Gasteiger partial charge in [-0.05, 0) is 12.1 Å². The van der Waals surface area contributed by atoms with Crippen LogP contribution in [0.25, 0.3) is 0 Å². The summed E-state index contributed by atoms with van der Waals surface area (Å²) in [5.41, 5.74) is 6.01. The number of carbonyl (C=O) groups is 1. The van der Waals surface area contributed by atoms with Crippen LogP contribution >= 0.6 is 0 Å². The number of nitrogens with zero attached hydrogens (tertiary/aromatic N) is 2. The molecule has 1 unspecified atom stereocenters. The monoisotopic (exact) mass is 263 g/mol. The minimum absolute atomic E-state index is 0.229. The summed E-state index contributed by atoms with van der Waals surface area (Å²) in [6.45, 7) is 1.51. The molecular weight excluding hydrogens is 249 g/mol. The Hall–Kier alpha value is -1.97. The molecule has 2 rings (SSSR count). The fourth-order valence-corrected chi connectivity index (χ4v) is 2.05. The predicted molar refractivity (Wildman–Crippen MR) is 65.3 cm³/mol. The van der Waals surface area contributed by atoms with E-state index in [4.69, 9.17) is 15.7 Å². The zero-order chi connectivity index (χ0) is 13.8. The second-order valence-electron chi connectivity index (χ2n) is 4.38. The van der Waals surface area contributed by atoms with Gasteiger partial charge in [0.05, 0.1) is 24.8 Å². The molecule has 0 spiro atoms. The average Bonchev–Trinajstić information content (AvgIpc) is 2.41. The number of hydrogen-bond donors (Lipinski definition) is 1. The van der Waals surface area contributed by atoms with Gasteiger partial charge in [0.25, 0.3) is 0 Å². The van der Waals surface area contributed by atoms with E-state index in [-0.39, 0.29) is 18.7 Å². The van der Waals surface area contributed by atoms with Crippen molar-refractivity contribution in [2.75, 3.05) is 19.8 Å². The van der Waals surface area contributed by atoms with Crippen LogP contribution in [0.3, 0.4) is 0 Å². The van der Waals surface area contributed by atoms with Gasteiger partial charge in [0, 0.05) is 18.7 Å². The van der Waals surface area contributed by atoms with E-state index < -0.39 is 17.8 Å². The lowest BCUT2D eigenvalue weighted by Crippen LogP contribution is -2.51. The largest absolute Gasteiger partial charge is 0.378 e. The number of primary amides is 1. The highest BCUT2D eigenvalue weighted by molar-refractivity contribution is 5.80. The lowest BCUT2D eigenvalue weighted by Gasteiger charge is -2.33. The van der Waals surface area contributed by atoms with Gasteiger partial charge in [-0.1, -0.05) is 6.07 Å². The Bertz CT molecular complexity index is 527. The van der Waals surface area contributed by atoms with Crippen LogP contribution in [0.15, 0.2) is 18.2 Å². The summed E-state index contributed by atoms with van der Waals surface area (Å²) in [4.78, 5) is 13.1. The molecule has 0 aliphatic carbocycles. The van der Waals surface area contributed by atoms with Crippen LogP contribution < -0.4 is 5.73 Å². The first kappa shape index (κ1) is 13.5. The Labute approximate surface area is 110 Å². The summed E-state index contributed by atoms with van der Waals surface area (Å²) in [7, 11) is 0. The number of amides is 1. The standard InChI is InChI=1S/C13H14FN3O2/c14-11-5-9(6-15)1-2-10(11)7-17-3-4-19-8-12(17)13(16)18/h1-2,5,12H,3-4,7-8H2,(H2,16,18). The maximum Gasteiger partial charge on any atom is 0.237 e. The lowest BCUT2D eigenvalue weighted by atomic mass is 10.1. The molecule has 100 valence electrons. The number of nitrogens with two attached hydrogens (primary N) is 1. The fourth-order valence-electron chi connectivity index (χ4n) is 2.05. The molecule has 1 fully saturated rings.